The zero-order chi connectivity index (χ0) is 11.8. The molecule has 1 aromatic rings. The highest BCUT2D eigenvalue weighted by molar-refractivity contribution is 5.90. The Labute approximate surface area is 95.2 Å². The van der Waals surface area contributed by atoms with Crippen molar-refractivity contribution in [2.24, 2.45) is 0 Å². The summed E-state index contributed by atoms with van der Waals surface area (Å²) in [5.41, 5.74) is 1.34. The Kier molecular flexibility index (Phi) is 4.60. The number of rotatable bonds is 4. The van der Waals surface area contributed by atoms with Gasteiger partial charge >= 0.3 is 6.03 Å². The number of urea groups is 1. The predicted molar refractivity (Wildman–Crippen MR) is 67.1 cm³/mol. The molecule has 2 N–H and O–H groups in total. The second-order valence-electron chi connectivity index (χ2n) is 3.01. The van der Waals surface area contributed by atoms with E-state index in [0.29, 0.717) is 5.70 Å². The minimum Gasteiger partial charge on any atom is -0.308 e. The first-order chi connectivity index (χ1) is 7.76. The van der Waals surface area contributed by atoms with Crippen molar-refractivity contribution in [3.63, 3.8) is 0 Å². The van der Waals surface area contributed by atoms with Crippen LogP contribution in [-0.2, 0) is 0 Å². The maximum Gasteiger partial charge on any atom is 0.323 e. The number of allylic oxidation sites excluding steroid dienone is 3. The van der Waals surface area contributed by atoms with E-state index in [1.807, 2.05) is 30.3 Å². The molecule has 0 aliphatic carbocycles. The van der Waals surface area contributed by atoms with Crippen molar-refractivity contribution in [2.75, 3.05) is 5.32 Å². The van der Waals surface area contributed by atoms with Crippen molar-refractivity contribution >= 4 is 11.7 Å². The number of carbonyl (C=O) groups is 1. The Morgan fingerprint density at radius 1 is 1.19 bits per heavy atom. The van der Waals surface area contributed by atoms with Gasteiger partial charge in [0, 0.05) is 11.4 Å². The summed E-state index contributed by atoms with van der Waals surface area (Å²) in [6.07, 6.45) is 4.80. The molecule has 0 fully saturated rings. The summed E-state index contributed by atoms with van der Waals surface area (Å²) < 4.78 is 0. The Hall–Kier alpha value is -2.29. The molecular formula is C13H14N2O. The van der Waals surface area contributed by atoms with E-state index in [0.717, 1.165) is 5.69 Å². The van der Waals surface area contributed by atoms with E-state index in [9.17, 15) is 4.79 Å². The molecule has 0 saturated carbocycles. The molecule has 0 unspecified atom stereocenters. The number of para-hydroxylation sites is 1. The van der Waals surface area contributed by atoms with Crippen LogP contribution in [0.5, 0.6) is 0 Å². The van der Waals surface area contributed by atoms with E-state index in [1.54, 1.807) is 18.2 Å². The molecule has 3 nitrogen and oxygen atoms in total. The Morgan fingerprint density at radius 2 is 1.88 bits per heavy atom. The summed E-state index contributed by atoms with van der Waals surface area (Å²) in [7, 11) is 0. The van der Waals surface area contributed by atoms with E-state index in [-0.39, 0.29) is 6.03 Å². The maximum absolute atomic E-state index is 11.5. The maximum atomic E-state index is 11.5. The fraction of sp³-hybridized carbons (Fsp3) is 0. The number of carbonyl (C=O) groups excluding carboxylic acids is 1. The second kappa shape index (κ2) is 6.24. The highest BCUT2D eigenvalue weighted by atomic mass is 16.2. The lowest BCUT2D eigenvalue weighted by Crippen LogP contribution is -2.27. The van der Waals surface area contributed by atoms with Crippen LogP contribution in [0.3, 0.4) is 0 Å². The van der Waals surface area contributed by atoms with Crippen LogP contribution >= 0.6 is 0 Å². The lowest BCUT2D eigenvalue weighted by atomic mass is 10.3. The van der Waals surface area contributed by atoms with Crippen molar-refractivity contribution < 1.29 is 4.79 Å². The molecule has 0 atom stereocenters. The standard InChI is InChI=1S/C13H14N2O/c1-3-8-11(4-2)14-13(16)15-12-9-6-5-7-10-12/h3-10H,1-2H2,(H2,14,15,16)/b11-8+. The van der Waals surface area contributed by atoms with Gasteiger partial charge in [0.05, 0.1) is 0 Å². The third-order valence-electron chi connectivity index (χ3n) is 1.81. The largest absolute Gasteiger partial charge is 0.323 e. The van der Waals surface area contributed by atoms with Gasteiger partial charge in [-0.25, -0.2) is 4.79 Å². The highest BCUT2D eigenvalue weighted by Gasteiger charge is 2.00. The van der Waals surface area contributed by atoms with Crippen LogP contribution in [0.1, 0.15) is 0 Å². The molecule has 82 valence electrons. The third kappa shape index (κ3) is 3.84. The second-order valence-corrected chi connectivity index (χ2v) is 3.01. The molecule has 3 heteroatoms. The van der Waals surface area contributed by atoms with Crippen LogP contribution in [0.4, 0.5) is 10.5 Å². The highest BCUT2D eigenvalue weighted by Crippen LogP contribution is 2.04. The summed E-state index contributed by atoms with van der Waals surface area (Å²) in [6.45, 7) is 7.13. The first-order valence-electron chi connectivity index (χ1n) is 4.84. The Morgan fingerprint density at radius 3 is 2.44 bits per heavy atom. The van der Waals surface area contributed by atoms with Gasteiger partial charge in [0.25, 0.3) is 0 Å². The first kappa shape index (κ1) is 11.8. The van der Waals surface area contributed by atoms with Gasteiger partial charge in [-0.3, -0.25) is 0 Å². The molecule has 0 spiro atoms. The molecule has 0 bridgehead atoms. The summed E-state index contributed by atoms with van der Waals surface area (Å²) in [4.78, 5) is 11.5. The van der Waals surface area contributed by atoms with Crippen molar-refractivity contribution in [3.05, 3.63) is 67.4 Å². The van der Waals surface area contributed by atoms with Crippen molar-refractivity contribution in [1.29, 1.82) is 0 Å². The molecule has 0 aliphatic rings. The summed E-state index contributed by atoms with van der Waals surface area (Å²) in [5.74, 6) is 0. The fourth-order valence-electron chi connectivity index (χ4n) is 1.10. The number of amides is 2. The van der Waals surface area contributed by atoms with Crippen LogP contribution in [-0.4, -0.2) is 6.03 Å². The number of anilines is 1. The topological polar surface area (TPSA) is 41.1 Å². The number of hydrogen-bond donors (Lipinski definition) is 2. The molecule has 0 radical (unpaired) electrons. The van der Waals surface area contributed by atoms with Crippen LogP contribution in [0.25, 0.3) is 0 Å². The number of nitrogens with one attached hydrogen (secondary N) is 2. The SMILES string of the molecule is C=C/C=C(\C=C)NC(=O)Nc1ccccc1. The van der Waals surface area contributed by atoms with Crippen molar-refractivity contribution in [1.82, 2.24) is 5.32 Å². The molecule has 16 heavy (non-hydrogen) atoms. The van der Waals surface area contributed by atoms with Gasteiger partial charge in [-0.2, -0.15) is 0 Å². The zero-order valence-electron chi connectivity index (χ0n) is 8.94. The summed E-state index contributed by atoms with van der Waals surface area (Å²) >= 11 is 0. The monoisotopic (exact) mass is 214 g/mol. The lowest BCUT2D eigenvalue weighted by molar-refractivity contribution is 0.254. The molecule has 0 heterocycles. The van der Waals surface area contributed by atoms with E-state index in [1.165, 1.54) is 0 Å². The van der Waals surface area contributed by atoms with Crippen LogP contribution in [0.2, 0.25) is 0 Å². The molecule has 1 rings (SSSR count). The predicted octanol–water partition coefficient (Wildman–Crippen LogP) is 3.06. The molecule has 0 saturated heterocycles. The van der Waals surface area contributed by atoms with E-state index in [4.69, 9.17) is 0 Å². The minimum absolute atomic E-state index is 0.306. The normalized spacial score (nSPS) is 10.4. The van der Waals surface area contributed by atoms with Gasteiger partial charge in [0.1, 0.15) is 0 Å². The van der Waals surface area contributed by atoms with Gasteiger partial charge in [-0.1, -0.05) is 37.4 Å². The van der Waals surface area contributed by atoms with E-state index >= 15 is 0 Å². The molecule has 0 aliphatic heterocycles. The Balaban J connectivity index is 2.57. The van der Waals surface area contributed by atoms with Crippen LogP contribution in [0, 0.1) is 0 Å². The fourth-order valence-corrected chi connectivity index (χ4v) is 1.10. The van der Waals surface area contributed by atoms with Crippen LogP contribution < -0.4 is 10.6 Å². The third-order valence-corrected chi connectivity index (χ3v) is 1.81. The van der Waals surface area contributed by atoms with E-state index < -0.39 is 0 Å². The van der Waals surface area contributed by atoms with Gasteiger partial charge < -0.3 is 10.6 Å². The summed E-state index contributed by atoms with van der Waals surface area (Å²) in [5, 5.41) is 5.33. The summed E-state index contributed by atoms with van der Waals surface area (Å²) in [6, 6.07) is 8.90. The van der Waals surface area contributed by atoms with E-state index in [2.05, 4.69) is 23.8 Å². The van der Waals surface area contributed by atoms with Gasteiger partial charge in [-0.05, 0) is 24.3 Å². The average Bonchev–Trinajstić information content (AvgIpc) is 2.29. The van der Waals surface area contributed by atoms with Gasteiger partial charge in [-0.15, -0.1) is 0 Å². The smallest absolute Gasteiger partial charge is 0.308 e. The zero-order valence-corrected chi connectivity index (χ0v) is 8.94. The molecule has 0 aromatic heterocycles. The molecular weight excluding hydrogens is 200 g/mol. The minimum atomic E-state index is -0.306. The molecule has 2 amide bonds. The van der Waals surface area contributed by atoms with Crippen LogP contribution in [0.15, 0.2) is 67.4 Å². The average molecular weight is 214 g/mol. The van der Waals surface area contributed by atoms with Crippen molar-refractivity contribution in [3.8, 4) is 0 Å². The number of benzene rings is 1. The molecule has 1 aromatic carbocycles. The van der Waals surface area contributed by atoms with Gasteiger partial charge in [0.2, 0.25) is 0 Å². The first-order valence-corrected chi connectivity index (χ1v) is 4.84. The number of hydrogen-bond acceptors (Lipinski definition) is 1. The van der Waals surface area contributed by atoms with Crippen molar-refractivity contribution in [2.45, 2.75) is 0 Å². The quantitative estimate of drug-likeness (QED) is 0.743. The lowest BCUT2D eigenvalue weighted by Gasteiger charge is -2.07. The van der Waals surface area contributed by atoms with Gasteiger partial charge in [0.15, 0.2) is 0 Å². The Bertz CT molecular complexity index is 407.